The highest BCUT2D eigenvalue weighted by molar-refractivity contribution is 6.80. The van der Waals surface area contributed by atoms with Crippen molar-refractivity contribution in [1.29, 1.82) is 0 Å². The van der Waals surface area contributed by atoms with Crippen molar-refractivity contribution in [3.8, 4) is 0 Å². The second kappa shape index (κ2) is 3.58. The molecular formula is C11H21NO3Si. The lowest BCUT2D eigenvalue weighted by molar-refractivity contribution is -0.162. The molecule has 92 valence electrons. The Labute approximate surface area is 102 Å². The zero-order valence-electron chi connectivity index (χ0n) is 13.4. The minimum absolute atomic E-state index is 0.226. The molecule has 1 fully saturated rings. The molecule has 0 aromatic rings. The zero-order chi connectivity index (χ0) is 15.4. The number of nitrogens with zero attached hydrogens (tertiary/aromatic N) is 1. The first-order valence-corrected chi connectivity index (χ1v) is 8.23. The van der Waals surface area contributed by atoms with Crippen molar-refractivity contribution in [2.45, 2.75) is 51.8 Å². The van der Waals surface area contributed by atoms with E-state index >= 15 is 0 Å². The van der Waals surface area contributed by atoms with Gasteiger partial charge in [-0.2, -0.15) is 0 Å². The fourth-order valence-corrected chi connectivity index (χ4v) is 4.09. The topological polar surface area (TPSA) is 57.6 Å². The third-order valence-electron chi connectivity index (χ3n) is 3.79. The van der Waals surface area contributed by atoms with Crippen LogP contribution in [0.25, 0.3) is 0 Å². The summed E-state index contributed by atoms with van der Waals surface area (Å²) in [6.45, 7) is 7.10. The van der Waals surface area contributed by atoms with Crippen LogP contribution in [0.4, 0.5) is 0 Å². The molecule has 0 aromatic heterocycles. The molecule has 0 spiro atoms. The molecule has 0 aliphatic carbocycles. The van der Waals surface area contributed by atoms with E-state index in [4.69, 9.17) is 4.11 Å². The van der Waals surface area contributed by atoms with Crippen LogP contribution in [0.1, 0.15) is 31.7 Å². The number of β-lactam (4-membered cyclic amide) rings is 1. The third kappa shape index (κ3) is 1.67. The largest absolute Gasteiger partial charge is 0.480 e. The summed E-state index contributed by atoms with van der Waals surface area (Å²) in [4.78, 5) is 23.5. The summed E-state index contributed by atoms with van der Waals surface area (Å²) in [6, 6.07) is -1.22. The molecule has 16 heavy (non-hydrogen) atoms. The van der Waals surface area contributed by atoms with Gasteiger partial charge in [-0.05, 0) is 5.04 Å². The van der Waals surface area contributed by atoms with E-state index in [1.54, 1.807) is 0 Å². The Morgan fingerprint density at radius 3 is 2.31 bits per heavy atom. The number of hydrogen-bond donors (Lipinski definition) is 1. The molecule has 0 saturated carbocycles. The average molecular weight is 246 g/mol. The van der Waals surface area contributed by atoms with Gasteiger partial charge in [0, 0.05) is 4.11 Å². The predicted molar refractivity (Wildman–Crippen MR) is 64.6 cm³/mol. The quantitative estimate of drug-likeness (QED) is 0.598. The maximum atomic E-state index is 12.2. The van der Waals surface area contributed by atoms with Gasteiger partial charge < -0.3 is 9.67 Å². The van der Waals surface area contributed by atoms with Gasteiger partial charge >= 0.3 is 5.97 Å². The second-order valence-electron chi connectivity index (χ2n) is 5.78. The van der Waals surface area contributed by atoms with Gasteiger partial charge in [-0.25, -0.2) is 4.79 Å². The van der Waals surface area contributed by atoms with Gasteiger partial charge in [-0.1, -0.05) is 40.7 Å². The van der Waals surface area contributed by atoms with E-state index in [9.17, 15) is 14.7 Å². The lowest BCUT2D eigenvalue weighted by atomic mass is 9.93. The molecule has 1 rings (SSSR count). The van der Waals surface area contributed by atoms with Crippen LogP contribution in [0.2, 0.25) is 18.1 Å². The van der Waals surface area contributed by atoms with Gasteiger partial charge in [0.2, 0.25) is 5.91 Å². The monoisotopic (exact) mass is 246 g/mol. The Morgan fingerprint density at radius 1 is 1.50 bits per heavy atom. The lowest BCUT2D eigenvalue weighted by Gasteiger charge is -2.56. The van der Waals surface area contributed by atoms with Crippen molar-refractivity contribution in [3.05, 3.63) is 0 Å². The SMILES string of the molecule is [2H]C([2H])([2H])[C@@H]1C(=O)N([Si](C)(C)C(C)(C)C)[C@H]1C(=O)O. The van der Waals surface area contributed by atoms with E-state index in [-0.39, 0.29) is 5.04 Å². The number of carboxylic acids is 1. The van der Waals surface area contributed by atoms with E-state index in [1.165, 1.54) is 4.57 Å². The Morgan fingerprint density at radius 2 is 2.00 bits per heavy atom. The summed E-state index contributed by atoms with van der Waals surface area (Å²) in [7, 11) is -2.38. The van der Waals surface area contributed by atoms with Gasteiger partial charge in [0.15, 0.2) is 8.24 Å². The second-order valence-corrected chi connectivity index (χ2v) is 10.9. The maximum absolute atomic E-state index is 12.2. The summed E-state index contributed by atoms with van der Waals surface area (Å²) in [5.41, 5.74) is 0. The standard InChI is InChI=1S/C11H21NO3Si/c1-7-8(10(14)15)12(9(7)13)16(5,6)11(2,3)4/h7-8H,1-6H3,(H,14,15)/t7-,8+/m0/s1/i1D3. The van der Waals surface area contributed by atoms with Crippen LogP contribution in [-0.4, -0.2) is 35.8 Å². The van der Waals surface area contributed by atoms with Gasteiger partial charge in [0.05, 0.1) is 5.92 Å². The van der Waals surface area contributed by atoms with Crippen LogP contribution in [-0.2, 0) is 9.59 Å². The fraction of sp³-hybridized carbons (Fsp3) is 0.818. The molecule has 0 aromatic carbocycles. The molecule has 1 aliphatic heterocycles. The molecule has 2 atom stereocenters. The molecule has 0 bridgehead atoms. The van der Waals surface area contributed by atoms with Crippen LogP contribution in [0.15, 0.2) is 0 Å². The smallest absolute Gasteiger partial charge is 0.326 e. The predicted octanol–water partition coefficient (Wildman–Crippen LogP) is 1.92. The Hall–Kier alpha value is -0.843. The highest BCUT2D eigenvalue weighted by Crippen LogP contribution is 2.44. The number of aliphatic carboxylic acids is 1. The van der Waals surface area contributed by atoms with Crippen molar-refractivity contribution in [2.24, 2.45) is 5.92 Å². The van der Waals surface area contributed by atoms with Crippen LogP contribution >= 0.6 is 0 Å². The molecule has 1 N–H and O–H groups in total. The van der Waals surface area contributed by atoms with Crippen molar-refractivity contribution >= 4 is 20.1 Å². The van der Waals surface area contributed by atoms with Crippen LogP contribution in [0.3, 0.4) is 0 Å². The number of carboxylic acid groups (broad SMARTS) is 1. The molecule has 0 radical (unpaired) electrons. The van der Waals surface area contributed by atoms with Crippen molar-refractivity contribution in [1.82, 2.24) is 4.57 Å². The van der Waals surface area contributed by atoms with Crippen molar-refractivity contribution in [2.75, 3.05) is 0 Å². The minimum atomic E-state index is -2.56. The number of carbonyl (C=O) groups is 2. The highest BCUT2D eigenvalue weighted by Gasteiger charge is 2.58. The molecule has 4 nitrogen and oxygen atoms in total. The summed E-state index contributed by atoms with van der Waals surface area (Å²) in [5.74, 6) is -3.18. The Kier molecular flexibility index (Phi) is 2.06. The van der Waals surface area contributed by atoms with Gasteiger partial charge in [-0.15, -0.1) is 0 Å². The molecule has 5 heteroatoms. The first-order valence-electron chi connectivity index (χ1n) is 6.79. The number of rotatable bonds is 2. The van der Waals surface area contributed by atoms with Gasteiger partial charge in [-0.3, -0.25) is 4.79 Å². The first-order chi connectivity index (χ1) is 8.23. The Bertz CT molecular complexity index is 414. The molecule has 1 aliphatic rings. The van der Waals surface area contributed by atoms with E-state index in [1.807, 2.05) is 33.9 Å². The normalized spacial score (nSPS) is 30.2. The van der Waals surface area contributed by atoms with Crippen LogP contribution < -0.4 is 0 Å². The summed E-state index contributed by atoms with van der Waals surface area (Å²) >= 11 is 0. The van der Waals surface area contributed by atoms with E-state index in [2.05, 4.69) is 0 Å². The number of hydrogen-bond acceptors (Lipinski definition) is 2. The molecular weight excluding hydrogens is 222 g/mol. The average Bonchev–Trinajstić information content (AvgIpc) is 2.08. The van der Waals surface area contributed by atoms with E-state index in [0.29, 0.717) is 0 Å². The summed E-state index contributed by atoms with van der Waals surface area (Å²) < 4.78 is 23.3. The Balaban J connectivity index is 3.19. The van der Waals surface area contributed by atoms with E-state index in [0.717, 1.165) is 0 Å². The van der Waals surface area contributed by atoms with Gasteiger partial charge in [0.1, 0.15) is 6.04 Å². The van der Waals surface area contributed by atoms with Gasteiger partial charge in [0.25, 0.3) is 0 Å². The summed E-state index contributed by atoms with van der Waals surface area (Å²) in [5, 5.41) is 9.04. The maximum Gasteiger partial charge on any atom is 0.326 e. The zero-order valence-corrected chi connectivity index (χ0v) is 11.4. The highest BCUT2D eigenvalue weighted by atomic mass is 28.3. The number of carbonyl (C=O) groups excluding carboxylic acids is 1. The third-order valence-corrected chi connectivity index (χ3v) is 9.16. The molecule has 1 heterocycles. The minimum Gasteiger partial charge on any atom is -0.480 e. The molecule has 1 saturated heterocycles. The molecule has 0 unspecified atom stereocenters. The van der Waals surface area contributed by atoms with Crippen molar-refractivity contribution < 1.29 is 18.8 Å². The van der Waals surface area contributed by atoms with Crippen LogP contribution in [0.5, 0.6) is 0 Å². The number of amides is 1. The summed E-state index contributed by atoms with van der Waals surface area (Å²) in [6.07, 6.45) is 0. The molecule has 1 amide bonds. The van der Waals surface area contributed by atoms with Crippen LogP contribution in [0, 0.1) is 5.92 Å². The fourth-order valence-electron chi connectivity index (χ4n) is 1.73. The van der Waals surface area contributed by atoms with E-state index < -0.39 is 38.9 Å². The first kappa shape index (κ1) is 9.21. The van der Waals surface area contributed by atoms with Crippen molar-refractivity contribution in [3.63, 3.8) is 0 Å². The lowest BCUT2D eigenvalue weighted by Crippen LogP contribution is -2.74.